The second-order valence-electron chi connectivity index (χ2n) is 3.81. The molecule has 0 spiro atoms. The molecule has 1 unspecified atom stereocenters. The van der Waals surface area contributed by atoms with Crippen LogP contribution in [0, 0.1) is 0 Å². The molecule has 112 valence electrons. The maximum absolute atomic E-state index is 11.6. The number of benzene rings is 1. The van der Waals surface area contributed by atoms with Gasteiger partial charge in [-0.25, -0.2) is 9.65 Å². The number of nitrogens with two attached hydrogens (primary N) is 1. The van der Waals surface area contributed by atoms with Crippen molar-refractivity contribution < 1.29 is 33.7 Å². The fourth-order valence-electron chi connectivity index (χ4n) is 1.41. The molecule has 7 N–H and O–H groups in total. The summed E-state index contributed by atoms with van der Waals surface area (Å²) in [5.74, 6) is -1.07. The molecule has 0 saturated heterocycles. The number of carbonyl (C=O) groups excluding carboxylic acids is 1. The maximum Gasteiger partial charge on any atom is 0.401 e. The van der Waals surface area contributed by atoms with Gasteiger partial charge in [0.15, 0.2) is 0 Å². The predicted molar refractivity (Wildman–Crippen MR) is 70.2 cm³/mol. The molecule has 0 saturated carbocycles. The Labute approximate surface area is 115 Å². The minimum absolute atomic E-state index is 0.0108. The number of carbonyl (C=O) groups is 1. The van der Waals surface area contributed by atoms with Crippen molar-refractivity contribution in [2.24, 2.45) is 5.50 Å². The Hall–Kier alpha value is -1.05. The summed E-state index contributed by atoms with van der Waals surface area (Å²) in [5, 5.41) is 10.9. The lowest BCUT2D eigenvalue weighted by atomic mass is 10.1. The van der Waals surface area contributed by atoms with E-state index in [0.29, 0.717) is 5.56 Å². The van der Waals surface area contributed by atoms with Gasteiger partial charge >= 0.3 is 22.2 Å². The fourth-order valence-corrected chi connectivity index (χ4v) is 2.32. The molecular weight excluding hydrogens is 310 g/mol. The summed E-state index contributed by atoms with van der Waals surface area (Å²) in [7, 11) is -7.16. The lowest BCUT2D eigenvalue weighted by molar-refractivity contribution is -0.136. The maximum atomic E-state index is 11.6. The normalized spacial score (nSPS) is 14.6. The first-order chi connectivity index (χ1) is 9.17. The van der Waals surface area contributed by atoms with E-state index in [-0.39, 0.29) is 12.2 Å². The van der Waals surface area contributed by atoms with Crippen molar-refractivity contribution in [1.29, 1.82) is 0 Å². The number of aromatic hydroxyl groups is 1. The summed E-state index contributed by atoms with van der Waals surface area (Å²) in [4.78, 5) is 38.1. The van der Waals surface area contributed by atoms with Gasteiger partial charge in [0.05, 0.1) is 0 Å². The van der Waals surface area contributed by atoms with Crippen LogP contribution in [0.4, 0.5) is 0 Å². The van der Waals surface area contributed by atoms with Crippen LogP contribution in [0.25, 0.3) is 0 Å². The number of phenolic OH excluding ortho intramolecular Hbond substituents is 1. The molecule has 0 radical (unpaired) electrons. The van der Waals surface area contributed by atoms with Gasteiger partial charge in [-0.2, -0.15) is 0 Å². The highest BCUT2D eigenvalue weighted by Gasteiger charge is 2.29. The van der Waals surface area contributed by atoms with E-state index in [4.69, 9.17) is 25.3 Å². The second kappa shape index (κ2) is 7.10. The lowest BCUT2D eigenvalue weighted by Crippen LogP contribution is -2.37. The Morgan fingerprint density at radius 2 is 1.95 bits per heavy atom. The van der Waals surface area contributed by atoms with Gasteiger partial charge in [0.1, 0.15) is 11.8 Å². The molecule has 2 atom stereocenters. The lowest BCUT2D eigenvalue weighted by Gasteiger charge is -2.18. The third-order valence-corrected chi connectivity index (χ3v) is 3.18. The van der Waals surface area contributed by atoms with Crippen molar-refractivity contribution in [2.75, 3.05) is 0 Å². The molecule has 20 heavy (non-hydrogen) atoms. The van der Waals surface area contributed by atoms with E-state index in [9.17, 15) is 9.36 Å². The smallest absolute Gasteiger partial charge is 0.401 e. The fraction of sp³-hybridized carbons (Fsp3) is 0.222. The van der Waals surface area contributed by atoms with Crippen molar-refractivity contribution in [3.8, 4) is 5.75 Å². The molecule has 0 aliphatic rings. The van der Waals surface area contributed by atoms with Gasteiger partial charge in [0.25, 0.3) is 0 Å². The van der Waals surface area contributed by atoms with Gasteiger partial charge in [0.2, 0.25) is 0 Å². The topological polar surface area (TPSA) is 162 Å². The van der Waals surface area contributed by atoms with Gasteiger partial charge in [-0.05, 0) is 24.1 Å². The molecule has 0 heterocycles. The number of hydrogen-bond donors (Lipinski definition) is 6. The standard InChI is InChI=1S/C9H14N2O7P2/c10-19(14)18-9(13)8(11-20(15,16)17)5-6-1-3-7(12)4-2-6/h1-4,8,12,14H,5,10H2,(H3,11,15,16,17)/t8-,19?/m0/s1. The third-order valence-electron chi connectivity index (χ3n) is 2.17. The zero-order chi connectivity index (χ0) is 15.3. The number of hydrogen-bond acceptors (Lipinski definition) is 6. The molecule has 0 aliphatic carbocycles. The van der Waals surface area contributed by atoms with E-state index in [2.05, 4.69) is 4.52 Å². The Kier molecular flexibility index (Phi) is 6.04. The average Bonchev–Trinajstić information content (AvgIpc) is 2.28. The summed E-state index contributed by atoms with van der Waals surface area (Å²) < 4.78 is 15.3. The molecule has 1 aromatic carbocycles. The Morgan fingerprint density at radius 3 is 2.40 bits per heavy atom. The molecular formula is C9H14N2O7P2. The summed E-state index contributed by atoms with van der Waals surface area (Å²) >= 11 is 0. The highest BCUT2D eigenvalue weighted by atomic mass is 31.2. The molecule has 0 amide bonds. The van der Waals surface area contributed by atoms with Gasteiger partial charge < -0.3 is 24.3 Å². The van der Waals surface area contributed by atoms with Crippen molar-refractivity contribution in [1.82, 2.24) is 5.09 Å². The number of rotatable bonds is 6. The Bertz CT molecular complexity index is 502. The summed E-state index contributed by atoms with van der Waals surface area (Å²) in [5.41, 5.74) is 5.45. The molecule has 9 nitrogen and oxygen atoms in total. The van der Waals surface area contributed by atoms with Gasteiger partial charge in [-0.1, -0.05) is 12.1 Å². The van der Waals surface area contributed by atoms with Crippen LogP contribution >= 0.6 is 16.3 Å². The molecule has 0 aromatic heterocycles. The largest absolute Gasteiger partial charge is 0.508 e. The average molecular weight is 324 g/mol. The number of nitrogens with one attached hydrogen (secondary N) is 1. The predicted octanol–water partition coefficient (Wildman–Crippen LogP) is -0.293. The first kappa shape index (κ1) is 17.0. The Balaban J connectivity index is 2.84. The van der Waals surface area contributed by atoms with E-state index in [0.717, 1.165) is 0 Å². The minimum Gasteiger partial charge on any atom is -0.508 e. The van der Waals surface area contributed by atoms with Crippen LogP contribution in [-0.2, 0) is 20.3 Å². The zero-order valence-electron chi connectivity index (χ0n) is 10.1. The third kappa shape index (κ3) is 6.40. The molecule has 1 rings (SSSR count). The molecule has 0 aliphatic heterocycles. The van der Waals surface area contributed by atoms with Crippen molar-refractivity contribution in [2.45, 2.75) is 12.5 Å². The molecule has 0 bridgehead atoms. The summed E-state index contributed by atoms with van der Waals surface area (Å²) in [6.07, 6.45) is -0.118. The highest BCUT2D eigenvalue weighted by molar-refractivity contribution is 7.49. The second-order valence-corrected chi connectivity index (χ2v) is 5.94. The summed E-state index contributed by atoms with van der Waals surface area (Å²) in [6.45, 7) is 0. The van der Waals surface area contributed by atoms with Crippen LogP contribution < -0.4 is 10.6 Å². The van der Waals surface area contributed by atoms with E-state index in [1.807, 2.05) is 0 Å². The number of phenols is 1. The van der Waals surface area contributed by atoms with Crippen molar-refractivity contribution in [3.63, 3.8) is 0 Å². The zero-order valence-corrected chi connectivity index (χ0v) is 11.9. The first-order valence-corrected chi connectivity index (χ1v) is 8.13. The van der Waals surface area contributed by atoms with E-state index in [1.165, 1.54) is 24.3 Å². The van der Waals surface area contributed by atoms with Crippen LogP contribution in [0.3, 0.4) is 0 Å². The molecule has 0 fully saturated rings. The monoisotopic (exact) mass is 324 g/mol. The highest BCUT2D eigenvalue weighted by Crippen LogP contribution is 2.31. The van der Waals surface area contributed by atoms with Crippen molar-refractivity contribution >= 4 is 22.2 Å². The van der Waals surface area contributed by atoms with Crippen LogP contribution in [0.1, 0.15) is 5.56 Å². The van der Waals surface area contributed by atoms with Gasteiger partial charge in [0, 0.05) is 0 Å². The first-order valence-electron chi connectivity index (χ1n) is 5.24. The Morgan fingerprint density at radius 1 is 1.40 bits per heavy atom. The van der Waals surface area contributed by atoms with Crippen LogP contribution in [0.2, 0.25) is 0 Å². The minimum atomic E-state index is -4.68. The summed E-state index contributed by atoms with van der Waals surface area (Å²) in [6, 6.07) is 4.28. The van der Waals surface area contributed by atoms with E-state index < -0.39 is 28.3 Å². The van der Waals surface area contributed by atoms with Gasteiger partial charge in [-0.15, -0.1) is 0 Å². The van der Waals surface area contributed by atoms with Crippen LogP contribution in [-0.4, -0.2) is 31.8 Å². The SMILES string of the molecule is NP(O)OC(=O)[C@H](Cc1ccc(O)cc1)NP(=O)(O)O. The van der Waals surface area contributed by atoms with E-state index >= 15 is 0 Å². The van der Waals surface area contributed by atoms with Gasteiger partial charge in [-0.3, -0.25) is 10.3 Å². The quantitative estimate of drug-likeness (QED) is 0.386. The van der Waals surface area contributed by atoms with E-state index in [1.54, 1.807) is 5.09 Å². The van der Waals surface area contributed by atoms with Crippen LogP contribution in [0.15, 0.2) is 24.3 Å². The molecule has 1 aromatic rings. The molecule has 11 heteroatoms. The van der Waals surface area contributed by atoms with Crippen molar-refractivity contribution in [3.05, 3.63) is 29.8 Å². The van der Waals surface area contributed by atoms with Crippen LogP contribution in [0.5, 0.6) is 5.75 Å².